The maximum atomic E-state index is 12.7. The maximum absolute atomic E-state index is 12.7. The first-order valence-corrected chi connectivity index (χ1v) is 11.7. The van der Waals surface area contributed by atoms with Crippen LogP contribution in [0.15, 0.2) is 72.3 Å². The molecule has 4 rings (SSSR count). The number of Topliss-reactive ketones (excluding diaryl/α,β-unsaturated/α-hetero) is 1. The molecule has 1 atom stereocenters. The summed E-state index contributed by atoms with van der Waals surface area (Å²) in [6.07, 6.45) is 12.1. The molecule has 2 aliphatic rings. The summed E-state index contributed by atoms with van der Waals surface area (Å²) in [6.45, 7) is 4.40. The van der Waals surface area contributed by atoms with Crippen LogP contribution in [0.1, 0.15) is 75.0 Å². The fourth-order valence-electron chi connectivity index (χ4n) is 5.22. The van der Waals surface area contributed by atoms with E-state index in [9.17, 15) is 4.79 Å². The molecule has 2 aromatic carbocycles. The van der Waals surface area contributed by atoms with E-state index in [4.69, 9.17) is 0 Å². The number of benzene rings is 2. The molecule has 0 bridgehead atoms. The van der Waals surface area contributed by atoms with Crippen molar-refractivity contribution in [3.05, 3.63) is 89.0 Å². The van der Waals surface area contributed by atoms with E-state index in [-0.39, 0.29) is 0 Å². The molecule has 1 saturated carbocycles. The predicted octanol–water partition coefficient (Wildman–Crippen LogP) is 7.53. The van der Waals surface area contributed by atoms with Gasteiger partial charge in [0.15, 0.2) is 0 Å². The van der Waals surface area contributed by atoms with E-state index in [2.05, 4.69) is 80.6 Å². The van der Waals surface area contributed by atoms with Gasteiger partial charge in [-0.2, -0.15) is 0 Å². The van der Waals surface area contributed by atoms with Gasteiger partial charge in [-0.3, -0.25) is 4.79 Å². The fourth-order valence-corrected chi connectivity index (χ4v) is 5.22. The fraction of sp³-hybridized carbons (Fsp3) is 0.414. The summed E-state index contributed by atoms with van der Waals surface area (Å²) >= 11 is 0. The average molecular weight is 399 g/mol. The van der Waals surface area contributed by atoms with Crippen LogP contribution in [0.2, 0.25) is 0 Å². The van der Waals surface area contributed by atoms with Gasteiger partial charge in [0.05, 0.1) is 0 Å². The Bertz CT molecular complexity index is 909. The van der Waals surface area contributed by atoms with Crippen molar-refractivity contribution in [1.29, 1.82) is 0 Å². The van der Waals surface area contributed by atoms with Crippen LogP contribution in [0.5, 0.6) is 0 Å². The standard InChI is InChI=1S/C29H34O/c1-21(2)23-14-12-22(13-15-23)20-27(30)18-16-26-17-19-28(24-8-4-3-5-9-24)29(26)25-10-6-7-11-25/h3-5,8-9,12-15,17,19,21,25,29H,6-7,10-11,16,18,20H2,1-2H3. The highest BCUT2D eigenvalue weighted by molar-refractivity contribution is 5.82. The maximum Gasteiger partial charge on any atom is 0.137 e. The van der Waals surface area contributed by atoms with Gasteiger partial charge in [0, 0.05) is 18.8 Å². The highest BCUT2D eigenvalue weighted by atomic mass is 16.1. The quantitative estimate of drug-likeness (QED) is 0.449. The number of carbonyl (C=O) groups excluding carboxylic acids is 1. The summed E-state index contributed by atoms with van der Waals surface area (Å²) in [6, 6.07) is 19.4. The number of hydrogen-bond donors (Lipinski definition) is 0. The SMILES string of the molecule is CC(C)c1ccc(CC(=O)CCC2=CC=C(c3ccccc3)C2C2CCCC2)cc1. The van der Waals surface area contributed by atoms with E-state index in [0.717, 1.165) is 17.9 Å². The Labute approximate surface area is 181 Å². The summed E-state index contributed by atoms with van der Waals surface area (Å²) in [5.41, 5.74) is 6.76. The highest BCUT2D eigenvalue weighted by Crippen LogP contribution is 2.46. The molecule has 0 aliphatic heterocycles. The second kappa shape index (κ2) is 9.60. The molecule has 30 heavy (non-hydrogen) atoms. The van der Waals surface area contributed by atoms with Crippen molar-refractivity contribution in [2.24, 2.45) is 11.8 Å². The van der Waals surface area contributed by atoms with Gasteiger partial charge in [-0.15, -0.1) is 0 Å². The number of hydrogen-bond acceptors (Lipinski definition) is 1. The molecule has 156 valence electrons. The monoisotopic (exact) mass is 398 g/mol. The number of ketones is 1. The van der Waals surface area contributed by atoms with Crippen LogP contribution >= 0.6 is 0 Å². The van der Waals surface area contributed by atoms with Crippen molar-refractivity contribution in [3.8, 4) is 0 Å². The van der Waals surface area contributed by atoms with E-state index in [0.29, 0.717) is 30.5 Å². The molecular formula is C29H34O. The Kier molecular flexibility index (Phi) is 6.67. The molecule has 1 unspecified atom stereocenters. The van der Waals surface area contributed by atoms with Gasteiger partial charge in [-0.25, -0.2) is 0 Å². The minimum atomic E-state index is 0.353. The van der Waals surface area contributed by atoms with Gasteiger partial charge in [-0.1, -0.05) is 99.0 Å². The lowest BCUT2D eigenvalue weighted by Gasteiger charge is -2.26. The van der Waals surface area contributed by atoms with Crippen LogP contribution in [0.3, 0.4) is 0 Å². The number of allylic oxidation sites excluding steroid dienone is 4. The summed E-state index contributed by atoms with van der Waals surface area (Å²) in [5.74, 6) is 2.13. The van der Waals surface area contributed by atoms with Gasteiger partial charge in [0.2, 0.25) is 0 Å². The van der Waals surface area contributed by atoms with Crippen molar-refractivity contribution in [2.75, 3.05) is 0 Å². The first-order chi connectivity index (χ1) is 14.6. The van der Waals surface area contributed by atoms with Crippen molar-refractivity contribution >= 4 is 11.4 Å². The Morgan fingerprint density at radius 1 is 0.933 bits per heavy atom. The molecular weight excluding hydrogens is 364 g/mol. The molecule has 1 heteroatoms. The molecule has 0 saturated heterocycles. The Balaban J connectivity index is 1.39. The summed E-state index contributed by atoms with van der Waals surface area (Å²) < 4.78 is 0. The van der Waals surface area contributed by atoms with Crippen LogP contribution < -0.4 is 0 Å². The van der Waals surface area contributed by atoms with E-state index in [1.54, 1.807) is 0 Å². The normalized spacial score (nSPS) is 19.2. The van der Waals surface area contributed by atoms with Gasteiger partial charge in [-0.05, 0) is 53.4 Å². The Morgan fingerprint density at radius 3 is 2.30 bits per heavy atom. The third kappa shape index (κ3) is 4.83. The zero-order valence-electron chi connectivity index (χ0n) is 18.4. The zero-order chi connectivity index (χ0) is 20.9. The molecule has 0 heterocycles. The first kappa shape index (κ1) is 20.8. The molecule has 2 aromatic rings. The second-order valence-corrected chi connectivity index (χ2v) is 9.36. The average Bonchev–Trinajstić information content (AvgIpc) is 3.43. The van der Waals surface area contributed by atoms with Gasteiger partial charge in [0.1, 0.15) is 5.78 Å². The lowest BCUT2D eigenvalue weighted by molar-refractivity contribution is -0.118. The highest BCUT2D eigenvalue weighted by Gasteiger charge is 2.33. The minimum absolute atomic E-state index is 0.353. The Morgan fingerprint density at radius 2 is 1.63 bits per heavy atom. The van der Waals surface area contributed by atoms with E-state index in [1.165, 1.54) is 48.0 Å². The molecule has 0 N–H and O–H groups in total. The largest absolute Gasteiger partial charge is 0.299 e. The third-order valence-electron chi connectivity index (χ3n) is 6.93. The lowest BCUT2D eigenvalue weighted by atomic mass is 9.78. The van der Waals surface area contributed by atoms with E-state index >= 15 is 0 Å². The van der Waals surface area contributed by atoms with Crippen LogP contribution in [0.25, 0.3) is 5.57 Å². The zero-order valence-corrected chi connectivity index (χ0v) is 18.4. The van der Waals surface area contributed by atoms with E-state index < -0.39 is 0 Å². The van der Waals surface area contributed by atoms with Crippen molar-refractivity contribution in [1.82, 2.24) is 0 Å². The molecule has 1 fully saturated rings. The minimum Gasteiger partial charge on any atom is -0.299 e. The van der Waals surface area contributed by atoms with Gasteiger partial charge >= 0.3 is 0 Å². The third-order valence-corrected chi connectivity index (χ3v) is 6.93. The smallest absolute Gasteiger partial charge is 0.137 e. The summed E-state index contributed by atoms with van der Waals surface area (Å²) in [7, 11) is 0. The van der Waals surface area contributed by atoms with E-state index in [1.807, 2.05) is 0 Å². The number of rotatable bonds is 8. The first-order valence-electron chi connectivity index (χ1n) is 11.7. The van der Waals surface area contributed by atoms with Gasteiger partial charge < -0.3 is 0 Å². The molecule has 0 spiro atoms. The van der Waals surface area contributed by atoms with Crippen LogP contribution in [-0.4, -0.2) is 5.78 Å². The van der Waals surface area contributed by atoms with Crippen LogP contribution in [0.4, 0.5) is 0 Å². The summed E-state index contributed by atoms with van der Waals surface area (Å²) in [5, 5.41) is 0. The second-order valence-electron chi connectivity index (χ2n) is 9.36. The van der Waals surface area contributed by atoms with Crippen LogP contribution in [0, 0.1) is 11.8 Å². The predicted molar refractivity (Wildman–Crippen MR) is 126 cm³/mol. The van der Waals surface area contributed by atoms with Crippen LogP contribution in [-0.2, 0) is 11.2 Å². The molecule has 0 radical (unpaired) electrons. The van der Waals surface area contributed by atoms with Crippen molar-refractivity contribution in [2.45, 2.75) is 64.7 Å². The molecule has 0 amide bonds. The summed E-state index contributed by atoms with van der Waals surface area (Å²) in [4.78, 5) is 12.7. The van der Waals surface area contributed by atoms with Gasteiger partial charge in [0.25, 0.3) is 0 Å². The van der Waals surface area contributed by atoms with Crippen molar-refractivity contribution < 1.29 is 4.79 Å². The Hall–Kier alpha value is -2.41. The molecule has 0 aromatic heterocycles. The molecule has 2 aliphatic carbocycles. The molecule has 1 nitrogen and oxygen atoms in total. The number of carbonyl (C=O) groups is 1. The topological polar surface area (TPSA) is 17.1 Å². The van der Waals surface area contributed by atoms with Crippen molar-refractivity contribution in [3.63, 3.8) is 0 Å². The lowest BCUT2D eigenvalue weighted by Crippen LogP contribution is -2.15.